The van der Waals surface area contributed by atoms with Crippen LogP contribution in [0.2, 0.25) is 0 Å². The van der Waals surface area contributed by atoms with Gasteiger partial charge >= 0.3 is 0 Å². The minimum absolute atomic E-state index is 0.739. The fraction of sp³-hybridized carbons (Fsp3) is 0.692. The molecule has 2 unspecified atom stereocenters. The van der Waals surface area contributed by atoms with Crippen molar-refractivity contribution in [3.8, 4) is 0 Å². The second-order valence-corrected chi connectivity index (χ2v) is 5.87. The lowest BCUT2D eigenvalue weighted by Gasteiger charge is -2.19. The molecule has 2 heteroatoms. The summed E-state index contributed by atoms with van der Waals surface area (Å²) in [7, 11) is 0. The molecule has 0 aromatic carbocycles. The van der Waals surface area contributed by atoms with Gasteiger partial charge in [-0.15, -0.1) is 11.3 Å². The van der Waals surface area contributed by atoms with E-state index in [0.717, 1.165) is 12.0 Å². The Hall–Kier alpha value is -0.340. The Morgan fingerprint density at radius 1 is 1.40 bits per heavy atom. The normalized spacial score (nSPS) is 26.0. The van der Waals surface area contributed by atoms with E-state index < -0.39 is 0 Å². The molecule has 1 aromatic rings. The molecule has 1 fully saturated rings. The number of hydrogen-bond acceptors (Lipinski definition) is 2. The first-order valence-electron chi connectivity index (χ1n) is 6.11. The molecule has 1 saturated carbocycles. The van der Waals surface area contributed by atoms with Crippen LogP contribution in [0.5, 0.6) is 0 Å². The average Bonchev–Trinajstić information content (AvgIpc) is 2.82. The lowest BCUT2D eigenvalue weighted by Crippen LogP contribution is -2.31. The number of thiophene rings is 1. The summed E-state index contributed by atoms with van der Waals surface area (Å²) in [4.78, 5) is 3.05. The molecular formula is C13H21NS. The smallest absolute Gasteiger partial charge is 0.0144 e. The fourth-order valence-electron chi connectivity index (χ4n) is 2.53. The highest BCUT2D eigenvalue weighted by atomic mass is 32.1. The van der Waals surface area contributed by atoms with Crippen molar-refractivity contribution in [1.29, 1.82) is 0 Å². The van der Waals surface area contributed by atoms with Crippen LogP contribution in [0.25, 0.3) is 0 Å². The van der Waals surface area contributed by atoms with Crippen LogP contribution < -0.4 is 5.32 Å². The standard InChI is InChI=1S/C13H21NS/c1-3-9-14-12-6-4-5-11(12)13-8-7-10(2)15-13/h7-8,11-12,14H,3-6,9H2,1-2H3. The Morgan fingerprint density at radius 3 is 2.93 bits per heavy atom. The SMILES string of the molecule is CCCNC1CCCC1c1ccc(C)s1. The molecule has 0 aliphatic heterocycles. The van der Waals surface area contributed by atoms with Crippen molar-refractivity contribution in [3.63, 3.8) is 0 Å². The zero-order chi connectivity index (χ0) is 10.7. The van der Waals surface area contributed by atoms with Crippen molar-refractivity contribution in [2.45, 2.75) is 51.5 Å². The molecule has 0 radical (unpaired) electrons. The van der Waals surface area contributed by atoms with Crippen LogP contribution in [-0.2, 0) is 0 Å². The van der Waals surface area contributed by atoms with Crippen LogP contribution in [0.15, 0.2) is 12.1 Å². The molecule has 1 aliphatic carbocycles. The van der Waals surface area contributed by atoms with Crippen molar-refractivity contribution in [3.05, 3.63) is 21.9 Å². The summed E-state index contributed by atoms with van der Waals surface area (Å²) in [6, 6.07) is 5.33. The maximum Gasteiger partial charge on any atom is 0.0144 e. The van der Waals surface area contributed by atoms with E-state index in [9.17, 15) is 0 Å². The minimum atomic E-state index is 0.739. The first kappa shape index (κ1) is 11.2. The Labute approximate surface area is 96.9 Å². The molecule has 0 bridgehead atoms. The highest BCUT2D eigenvalue weighted by Crippen LogP contribution is 2.37. The van der Waals surface area contributed by atoms with Gasteiger partial charge in [0, 0.05) is 21.7 Å². The molecule has 2 rings (SSSR count). The second kappa shape index (κ2) is 5.13. The van der Waals surface area contributed by atoms with Gasteiger partial charge in [-0.1, -0.05) is 13.3 Å². The van der Waals surface area contributed by atoms with Gasteiger partial charge in [0.1, 0.15) is 0 Å². The monoisotopic (exact) mass is 223 g/mol. The van der Waals surface area contributed by atoms with E-state index >= 15 is 0 Å². The van der Waals surface area contributed by atoms with Crippen molar-refractivity contribution < 1.29 is 0 Å². The summed E-state index contributed by atoms with van der Waals surface area (Å²) in [5.74, 6) is 0.787. The highest BCUT2D eigenvalue weighted by molar-refractivity contribution is 7.12. The van der Waals surface area contributed by atoms with E-state index in [1.54, 1.807) is 4.88 Å². The van der Waals surface area contributed by atoms with Crippen molar-refractivity contribution >= 4 is 11.3 Å². The maximum atomic E-state index is 3.70. The molecule has 1 heterocycles. The zero-order valence-electron chi connectivity index (χ0n) is 9.75. The van der Waals surface area contributed by atoms with Gasteiger partial charge in [-0.2, -0.15) is 0 Å². The molecule has 15 heavy (non-hydrogen) atoms. The van der Waals surface area contributed by atoms with Crippen LogP contribution in [0.1, 0.15) is 48.3 Å². The Morgan fingerprint density at radius 2 is 2.27 bits per heavy atom. The molecule has 84 valence electrons. The van der Waals surface area contributed by atoms with E-state index in [1.807, 2.05) is 11.3 Å². The minimum Gasteiger partial charge on any atom is -0.313 e. The van der Waals surface area contributed by atoms with Gasteiger partial charge in [0.05, 0.1) is 0 Å². The van der Waals surface area contributed by atoms with Crippen LogP contribution in [0.4, 0.5) is 0 Å². The van der Waals surface area contributed by atoms with Crippen LogP contribution in [0, 0.1) is 6.92 Å². The molecule has 1 aliphatic rings. The third-order valence-corrected chi connectivity index (χ3v) is 4.43. The summed E-state index contributed by atoms with van der Waals surface area (Å²) >= 11 is 1.98. The first-order chi connectivity index (χ1) is 7.31. The third kappa shape index (κ3) is 2.61. The fourth-order valence-corrected chi connectivity index (χ4v) is 3.60. The second-order valence-electron chi connectivity index (χ2n) is 4.55. The van der Waals surface area contributed by atoms with Gasteiger partial charge in [-0.25, -0.2) is 0 Å². The van der Waals surface area contributed by atoms with Gasteiger partial charge in [0.2, 0.25) is 0 Å². The van der Waals surface area contributed by atoms with Crippen molar-refractivity contribution in [2.24, 2.45) is 0 Å². The van der Waals surface area contributed by atoms with Gasteiger partial charge < -0.3 is 5.32 Å². The number of rotatable bonds is 4. The van der Waals surface area contributed by atoms with Crippen LogP contribution in [0.3, 0.4) is 0 Å². The zero-order valence-corrected chi connectivity index (χ0v) is 10.6. The van der Waals surface area contributed by atoms with Crippen LogP contribution in [-0.4, -0.2) is 12.6 Å². The summed E-state index contributed by atoms with van der Waals surface area (Å²) in [6.07, 6.45) is 5.37. The maximum absolute atomic E-state index is 3.70. The average molecular weight is 223 g/mol. The summed E-state index contributed by atoms with van der Waals surface area (Å²) in [5, 5.41) is 3.70. The summed E-state index contributed by atoms with van der Waals surface area (Å²) < 4.78 is 0. The first-order valence-corrected chi connectivity index (χ1v) is 6.92. The predicted octanol–water partition coefficient (Wildman–Crippen LogP) is 3.69. The van der Waals surface area contributed by atoms with Crippen molar-refractivity contribution in [2.75, 3.05) is 6.54 Å². The van der Waals surface area contributed by atoms with Gasteiger partial charge in [-0.05, 0) is 44.9 Å². The number of nitrogens with one attached hydrogen (secondary N) is 1. The molecule has 1 N–H and O–H groups in total. The van der Waals surface area contributed by atoms with E-state index in [4.69, 9.17) is 0 Å². The molecular weight excluding hydrogens is 202 g/mol. The van der Waals surface area contributed by atoms with Crippen molar-refractivity contribution in [1.82, 2.24) is 5.32 Å². The predicted molar refractivity (Wildman–Crippen MR) is 67.7 cm³/mol. The number of hydrogen-bond donors (Lipinski definition) is 1. The lowest BCUT2D eigenvalue weighted by molar-refractivity contribution is 0.483. The highest BCUT2D eigenvalue weighted by Gasteiger charge is 2.28. The number of aryl methyl sites for hydroxylation is 1. The largest absolute Gasteiger partial charge is 0.313 e. The van der Waals surface area contributed by atoms with Gasteiger partial charge in [0.15, 0.2) is 0 Å². The molecule has 1 aromatic heterocycles. The van der Waals surface area contributed by atoms with E-state index in [-0.39, 0.29) is 0 Å². The third-order valence-electron chi connectivity index (χ3n) is 3.30. The topological polar surface area (TPSA) is 12.0 Å². The molecule has 1 nitrogen and oxygen atoms in total. The van der Waals surface area contributed by atoms with E-state index in [1.165, 1.54) is 37.1 Å². The quantitative estimate of drug-likeness (QED) is 0.821. The van der Waals surface area contributed by atoms with E-state index in [2.05, 4.69) is 31.3 Å². The molecule has 0 spiro atoms. The Balaban J connectivity index is 2.01. The summed E-state index contributed by atoms with van der Waals surface area (Å²) in [6.45, 7) is 5.62. The molecule has 2 atom stereocenters. The van der Waals surface area contributed by atoms with Gasteiger partial charge in [-0.3, -0.25) is 0 Å². The van der Waals surface area contributed by atoms with E-state index in [0.29, 0.717) is 0 Å². The molecule has 0 saturated heterocycles. The Kier molecular flexibility index (Phi) is 3.81. The summed E-state index contributed by atoms with van der Waals surface area (Å²) in [5.41, 5.74) is 0. The Bertz CT molecular complexity index is 305. The lowest BCUT2D eigenvalue weighted by atomic mass is 10.0. The molecule has 0 amide bonds. The van der Waals surface area contributed by atoms with Gasteiger partial charge in [0.25, 0.3) is 0 Å². The van der Waals surface area contributed by atoms with Crippen LogP contribution >= 0.6 is 11.3 Å².